The molecule has 0 unspecified atom stereocenters. The van der Waals surface area contributed by atoms with Gasteiger partial charge in [-0.05, 0) is 36.8 Å². The summed E-state index contributed by atoms with van der Waals surface area (Å²) in [6.45, 7) is 2.36. The molecule has 4 aromatic rings. The average Bonchev–Trinajstić information content (AvgIpc) is 3.16. The van der Waals surface area contributed by atoms with E-state index in [0.29, 0.717) is 17.8 Å². The number of carbonyl (C=O) groups excluding carboxylic acids is 1. The van der Waals surface area contributed by atoms with Gasteiger partial charge in [0, 0.05) is 47.0 Å². The van der Waals surface area contributed by atoms with E-state index in [2.05, 4.69) is 5.32 Å². The monoisotopic (exact) mass is 436 g/mol. The molecule has 4 rings (SSSR count). The number of aromatic nitrogens is 1. The molecule has 162 valence electrons. The van der Waals surface area contributed by atoms with Crippen LogP contribution in [0.15, 0.2) is 84.6 Å². The minimum absolute atomic E-state index is 0.0196. The van der Waals surface area contributed by atoms with Gasteiger partial charge in [0.05, 0.1) is 4.92 Å². The van der Waals surface area contributed by atoms with Crippen molar-refractivity contribution < 1.29 is 9.72 Å². The van der Waals surface area contributed by atoms with E-state index in [-0.39, 0.29) is 11.3 Å². The molecule has 0 atom stereocenters. The molecule has 0 radical (unpaired) electrons. The topological polar surface area (TPSA) is 101 Å². The minimum atomic E-state index is -0.489. The number of hydrogen-bond donors (Lipinski definition) is 1. The lowest BCUT2D eigenvalue weighted by Gasteiger charge is -2.05. The zero-order valence-corrected chi connectivity index (χ0v) is 17.9. The van der Waals surface area contributed by atoms with Crippen LogP contribution in [0.4, 0.5) is 11.4 Å². The number of anilines is 1. The Morgan fingerprint density at radius 2 is 1.88 bits per heavy atom. The fraction of sp³-hybridized carbons (Fsp3) is 0.0769. The number of nitrogens with one attached hydrogen (secondary N) is 1. The lowest BCUT2D eigenvalue weighted by atomic mass is 10.1. The van der Waals surface area contributed by atoms with Crippen LogP contribution in [0.1, 0.15) is 16.7 Å². The molecule has 3 aromatic carbocycles. The summed E-state index contributed by atoms with van der Waals surface area (Å²) in [5.41, 5.74) is 4.08. The van der Waals surface area contributed by atoms with Crippen molar-refractivity contribution in [2.45, 2.75) is 13.5 Å². The van der Waals surface area contributed by atoms with Gasteiger partial charge in [-0.1, -0.05) is 48.0 Å². The lowest BCUT2D eigenvalue weighted by molar-refractivity contribution is -0.384. The molecular formula is C26H20N4O3. The minimum Gasteiger partial charge on any atom is -0.342 e. The van der Waals surface area contributed by atoms with Crippen LogP contribution in [0.5, 0.6) is 0 Å². The average molecular weight is 436 g/mol. The van der Waals surface area contributed by atoms with Gasteiger partial charge in [-0.2, -0.15) is 5.26 Å². The fourth-order valence-electron chi connectivity index (χ4n) is 3.63. The van der Waals surface area contributed by atoms with Crippen molar-refractivity contribution >= 4 is 34.3 Å². The molecule has 33 heavy (non-hydrogen) atoms. The normalized spacial score (nSPS) is 11.2. The molecule has 1 heterocycles. The fourth-order valence-corrected chi connectivity index (χ4v) is 3.63. The molecule has 7 heteroatoms. The second-order valence-corrected chi connectivity index (χ2v) is 7.65. The molecule has 1 amide bonds. The van der Waals surface area contributed by atoms with E-state index in [4.69, 9.17) is 0 Å². The second-order valence-electron chi connectivity index (χ2n) is 7.65. The number of hydrogen-bond acceptors (Lipinski definition) is 4. The van der Waals surface area contributed by atoms with Gasteiger partial charge in [0.15, 0.2) is 0 Å². The molecule has 0 saturated heterocycles. The Kier molecular flexibility index (Phi) is 6.00. The smallest absolute Gasteiger partial charge is 0.269 e. The number of nitro benzene ring substituents is 1. The van der Waals surface area contributed by atoms with Gasteiger partial charge >= 0.3 is 0 Å². The van der Waals surface area contributed by atoms with E-state index in [9.17, 15) is 20.2 Å². The van der Waals surface area contributed by atoms with Crippen LogP contribution >= 0.6 is 0 Å². The molecule has 0 saturated carbocycles. The molecule has 0 spiro atoms. The Labute approximate surface area is 190 Å². The molecule has 1 aromatic heterocycles. The maximum absolute atomic E-state index is 12.7. The zero-order valence-electron chi connectivity index (χ0n) is 17.9. The molecule has 0 fully saturated rings. The third kappa shape index (κ3) is 4.81. The van der Waals surface area contributed by atoms with Crippen LogP contribution in [0.25, 0.3) is 17.0 Å². The Hall–Kier alpha value is -4.70. The summed E-state index contributed by atoms with van der Waals surface area (Å²) in [4.78, 5) is 23.4. The van der Waals surface area contributed by atoms with Crippen LogP contribution in [0.2, 0.25) is 0 Å². The molecule has 0 aliphatic carbocycles. The summed E-state index contributed by atoms with van der Waals surface area (Å²) in [5.74, 6) is -0.489. The summed E-state index contributed by atoms with van der Waals surface area (Å²) in [6.07, 6.45) is 3.41. The summed E-state index contributed by atoms with van der Waals surface area (Å²) in [6, 6.07) is 23.4. The number of para-hydroxylation sites is 1. The van der Waals surface area contributed by atoms with E-state index in [1.165, 1.54) is 6.07 Å². The Balaban J connectivity index is 1.67. The van der Waals surface area contributed by atoms with E-state index < -0.39 is 10.8 Å². The first-order valence-electron chi connectivity index (χ1n) is 10.3. The third-order valence-electron chi connectivity index (χ3n) is 5.27. The van der Waals surface area contributed by atoms with Crippen LogP contribution in [-0.2, 0) is 11.3 Å². The SMILES string of the molecule is Cc1ccc(NC(=O)/C(C#N)=C\c2cn(Cc3cccc([N+](=O)[O-])c3)c3ccccc23)cc1. The Bertz CT molecular complexity index is 1430. The number of benzene rings is 3. The highest BCUT2D eigenvalue weighted by Gasteiger charge is 2.14. The summed E-state index contributed by atoms with van der Waals surface area (Å²) in [5, 5.41) is 24.4. The van der Waals surface area contributed by atoms with Crippen molar-refractivity contribution in [2.24, 2.45) is 0 Å². The Morgan fingerprint density at radius 3 is 2.61 bits per heavy atom. The summed E-state index contributed by atoms with van der Waals surface area (Å²) in [7, 11) is 0. The van der Waals surface area contributed by atoms with Crippen LogP contribution < -0.4 is 5.32 Å². The van der Waals surface area contributed by atoms with Gasteiger partial charge in [0.25, 0.3) is 11.6 Å². The number of amides is 1. The molecule has 7 nitrogen and oxygen atoms in total. The highest BCUT2D eigenvalue weighted by Crippen LogP contribution is 2.25. The van der Waals surface area contributed by atoms with Crippen molar-refractivity contribution in [3.63, 3.8) is 0 Å². The molecule has 0 bridgehead atoms. The summed E-state index contributed by atoms with van der Waals surface area (Å²) < 4.78 is 1.95. The van der Waals surface area contributed by atoms with Crippen molar-refractivity contribution in [3.8, 4) is 6.07 Å². The first-order chi connectivity index (χ1) is 15.9. The highest BCUT2D eigenvalue weighted by atomic mass is 16.6. The van der Waals surface area contributed by atoms with Gasteiger partial charge in [-0.15, -0.1) is 0 Å². The molecule has 0 aliphatic rings. The maximum atomic E-state index is 12.7. The Morgan fingerprint density at radius 1 is 1.12 bits per heavy atom. The van der Waals surface area contributed by atoms with Crippen molar-refractivity contribution in [3.05, 3.63) is 111 Å². The first-order valence-corrected chi connectivity index (χ1v) is 10.3. The van der Waals surface area contributed by atoms with Gasteiger partial charge in [-0.3, -0.25) is 14.9 Å². The van der Waals surface area contributed by atoms with Crippen molar-refractivity contribution in [2.75, 3.05) is 5.32 Å². The van der Waals surface area contributed by atoms with Gasteiger partial charge in [0.1, 0.15) is 11.6 Å². The predicted octanol–water partition coefficient (Wildman–Crippen LogP) is 5.45. The van der Waals surface area contributed by atoms with Gasteiger partial charge in [0.2, 0.25) is 0 Å². The molecular weight excluding hydrogens is 416 g/mol. The molecule has 0 aliphatic heterocycles. The van der Waals surface area contributed by atoms with E-state index in [1.54, 1.807) is 30.3 Å². The second kappa shape index (κ2) is 9.20. The van der Waals surface area contributed by atoms with Gasteiger partial charge in [-0.25, -0.2) is 0 Å². The van der Waals surface area contributed by atoms with Crippen molar-refractivity contribution in [1.29, 1.82) is 5.26 Å². The number of rotatable bonds is 6. The first kappa shape index (κ1) is 21.5. The number of fused-ring (bicyclic) bond motifs is 1. The lowest BCUT2D eigenvalue weighted by Crippen LogP contribution is -2.13. The number of non-ortho nitro benzene ring substituents is 1. The number of aryl methyl sites for hydroxylation is 1. The highest BCUT2D eigenvalue weighted by molar-refractivity contribution is 6.10. The largest absolute Gasteiger partial charge is 0.342 e. The van der Waals surface area contributed by atoms with E-state index >= 15 is 0 Å². The third-order valence-corrected chi connectivity index (χ3v) is 5.27. The van der Waals surface area contributed by atoms with E-state index in [1.807, 2.05) is 66.2 Å². The molecule has 1 N–H and O–H groups in total. The maximum Gasteiger partial charge on any atom is 0.269 e. The van der Waals surface area contributed by atoms with E-state index in [0.717, 1.165) is 22.0 Å². The quantitative estimate of drug-likeness (QED) is 0.188. The number of nitriles is 1. The van der Waals surface area contributed by atoms with Crippen LogP contribution in [0.3, 0.4) is 0 Å². The van der Waals surface area contributed by atoms with Gasteiger partial charge < -0.3 is 9.88 Å². The number of nitrogens with zero attached hydrogens (tertiary/aromatic N) is 3. The zero-order chi connectivity index (χ0) is 23.4. The predicted molar refractivity (Wildman–Crippen MR) is 128 cm³/mol. The van der Waals surface area contributed by atoms with Crippen LogP contribution in [-0.4, -0.2) is 15.4 Å². The van der Waals surface area contributed by atoms with Crippen LogP contribution in [0, 0.1) is 28.4 Å². The summed E-state index contributed by atoms with van der Waals surface area (Å²) >= 11 is 0. The van der Waals surface area contributed by atoms with Crippen molar-refractivity contribution in [1.82, 2.24) is 4.57 Å². The number of nitro groups is 1. The number of carbonyl (C=O) groups is 1. The standard InChI is InChI=1S/C26H20N4O3/c1-18-9-11-22(12-10-18)28-26(31)20(15-27)14-21-17-29(25-8-3-2-7-24(21)25)16-19-5-4-6-23(13-19)30(32)33/h2-14,17H,16H2,1H3,(H,28,31)/b20-14-.